The van der Waals surface area contributed by atoms with Gasteiger partial charge in [0.25, 0.3) is 0 Å². The summed E-state index contributed by atoms with van der Waals surface area (Å²) in [6.45, 7) is 6.72. The minimum atomic E-state index is -4.15. The number of phosphoric ester groups is 1. The molecule has 4 rings (SSSR count). The number of imidazole rings is 1. The van der Waals surface area contributed by atoms with Gasteiger partial charge in [-0.15, -0.1) is 6.42 Å². The van der Waals surface area contributed by atoms with E-state index in [9.17, 15) is 9.36 Å². The molecular formula is C21H27FN5O6PS. The van der Waals surface area contributed by atoms with E-state index in [0.717, 1.165) is 11.8 Å². The van der Waals surface area contributed by atoms with Crippen molar-refractivity contribution in [2.45, 2.75) is 51.8 Å². The van der Waals surface area contributed by atoms with Crippen LogP contribution < -0.4 is 5.32 Å². The van der Waals surface area contributed by atoms with Crippen LogP contribution in [0, 0.1) is 24.7 Å². The van der Waals surface area contributed by atoms with Crippen LogP contribution in [-0.2, 0) is 27.7 Å². The molecule has 190 valence electrons. The van der Waals surface area contributed by atoms with Crippen LogP contribution >= 0.6 is 19.6 Å². The van der Waals surface area contributed by atoms with Crippen LogP contribution in [0.2, 0.25) is 0 Å². The fourth-order valence-corrected chi connectivity index (χ4v) is 6.03. The molecule has 5 atom stereocenters. The molecular weight excluding hydrogens is 500 g/mol. The first-order valence-electron chi connectivity index (χ1n) is 10.9. The number of nitrogens with one attached hydrogen (secondary N) is 1. The number of aromatic nitrogens is 4. The molecule has 2 aromatic rings. The molecule has 4 heterocycles. The molecule has 1 N–H and O–H groups in total. The van der Waals surface area contributed by atoms with E-state index >= 15 is 4.39 Å². The Balaban J connectivity index is 1.53. The first kappa shape index (κ1) is 26.0. The SMILES string of the molecule is C#C[C@@]1(F)[C@@H]2OP(=O)(OCCSC(=O)C(C)(C)C)OC[C@H]2O[C@H]1n1cnc2c(NC)nc(C)nc21. The maximum atomic E-state index is 16.3. The number of alkyl halides is 1. The molecule has 2 aliphatic heterocycles. The molecule has 11 nitrogen and oxygen atoms in total. The number of ether oxygens (including phenoxy) is 1. The molecule has 2 fully saturated rings. The lowest BCUT2D eigenvalue weighted by molar-refractivity contribution is -0.117. The largest absolute Gasteiger partial charge is 0.475 e. The van der Waals surface area contributed by atoms with Crippen LogP contribution in [0.5, 0.6) is 0 Å². The number of hydrogen-bond donors (Lipinski definition) is 1. The van der Waals surface area contributed by atoms with E-state index in [0.29, 0.717) is 22.8 Å². The monoisotopic (exact) mass is 527 g/mol. The summed E-state index contributed by atoms with van der Waals surface area (Å²) in [5.74, 6) is 3.24. The highest BCUT2D eigenvalue weighted by Crippen LogP contribution is 2.59. The number of thioether (sulfide) groups is 1. The molecule has 0 radical (unpaired) electrons. The number of carbonyl (C=O) groups excluding carboxylic acids is 1. The van der Waals surface area contributed by atoms with Crippen molar-refractivity contribution in [2.24, 2.45) is 5.41 Å². The molecule has 1 unspecified atom stereocenters. The summed E-state index contributed by atoms with van der Waals surface area (Å²) in [6, 6.07) is 0. The number of nitrogens with zero attached hydrogens (tertiary/aromatic N) is 4. The molecule has 0 bridgehead atoms. The molecule has 0 saturated carbocycles. The van der Waals surface area contributed by atoms with Crippen molar-refractivity contribution < 1.29 is 32.1 Å². The third kappa shape index (κ3) is 4.83. The van der Waals surface area contributed by atoms with Crippen molar-refractivity contribution in [1.82, 2.24) is 19.5 Å². The number of halogens is 1. The van der Waals surface area contributed by atoms with E-state index < -0.39 is 37.3 Å². The highest BCUT2D eigenvalue weighted by Gasteiger charge is 2.63. The summed E-state index contributed by atoms with van der Waals surface area (Å²) >= 11 is 1.04. The van der Waals surface area contributed by atoms with Gasteiger partial charge >= 0.3 is 7.82 Å². The van der Waals surface area contributed by atoms with E-state index in [4.69, 9.17) is 24.7 Å². The minimum absolute atomic E-state index is 0.0416. The van der Waals surface area contributed by atoms with Gasteiger partial charge in [0.05, 0.1) is 19.5 Å². The molecule has 35 heavy (non-hydrogen) atoms. The summed E-state index contributed by atoms with van der Waals surface area (Å²) in [5, 5.41) is 2.89. The summed E-state index contributed by atoms with van der Waals surface area (Å²) in [4.78, 5) is 25.0. The lowest BCUT2D eigenvalue weighted by atomic mass is 9.97. The predicted octanol–water partition coefficient (Wildman–Crippen LogP) is 3.26. The molecule has 0 aromatic carbocycles. The first-order chi connectivity index (χ1) is 16.4. The number of phosphoric acid groups is 1. The fraction of sp³-hybridized carbons (Fsp3) is 0.619. The Kier molecular flexibility index (Phi) is 7.00. The fourth-order valence-electron chi connectivity index (χ4n) is 3.71. The normalized spacial score (nSPS) is 30.7. The van der Waals surface area contributed by atoms with Crippen LogP contribution in [0.15, 0.2) is 6.33 Å². The number of anilines is 1. The molecule has 2 aromatic heterocycles. The number of aryl methyl sites for hydroxylation is 1. The van der Waals surface area contributed by atoms with E-state index in [1.165, 1.54) is 10.9 Å². The van der Waals surface area contributed by atoms with Crippen molar-refractivity contribution in [1.29, 1.82) is 0 Å². The van der Waals surface area contributed by atoms with E-state index in [2.05, 4.69) is 26.2 Å². The van der Waals surface area contributed by atoms with E-state index in [-0.39, 0.29) is 24.1 Å². The molecule has 14 heteroatoms. The zero-order chi connectivity index (χ0) is 25.6. The lowest BCUT2D eigenvalue weighted by Gasteiger charge is -2.33. The zero-order valence-electron chi connectivity index (χ0n) is 20.0. The average Bonchev–Trinajstić information content (AvgIpc) is 3.34. The second-order valence-electron chi connectivity index (χ2n) is 9.12. The molecule has 0 aliphatic carbocycles. The first-order valence-corrected chi connectivity index (χ1v) is 13.3. The minimum Gasteiger partial charge on any atom is -0.371 e. The third-order valence-corrected chi connectivity index (χ3v) is 8.17. The molecule has 2 saturated heterocycles. The van der Waals surface area contributed by atoms with Crippen molar-refractivity contribution in [3.63, 3.8) is 0 Å². The number of hydrogen-bond acceptors (Lipinski definition) is 11. The standard InChI is InChI=1S/C21H27FN5O6PS/c1-7-21(22)15-13(10-31-34(29,33-15)30-8-9-35-19(28)20(3,4)5)32-18(21)27-11-24-14-16(23-6)25-12(2)26-17(14)27/h1,11,13,15,18H,8-10H2,2-6H3,(H,23,25,26)/t13-,15-,18-,21-,34?/m1/s1. The number of terminal acetylenes is 1. The van der Waals surface area contributed by atoms with Crippen LogP contribution in [0.1, 0.15) is 32.8 Å². The van der Waals surface area contributed by atoms with Gasteiger partial charge in [-0.25, -0.2) is 23.9 Å². The predicted molar refractivity (Wildman–Crippen MR) is 127 cm³/mol. The quantitative estimate of drug-likeness (QED) is 0.338. The van der Waals surface area contributed by atoms with Crippen molar-refractivity contribution in [3.8, 4) is 12.3 Å². The van der Waals surface area contributed by atoms with Gasteiger partial charge < -0.3 is 10.1 Å². The summed E-state index contributed by atoms with van der Waals surface area (Å²) in [6.07, 6.45) is 3.21. The maximum absolute atomic E-state index is 16.3. The molecule has 0 amide bonds. The maximum Gasteiger partial charge on any atom is 0.475 e. The topological polar surface area (TPSA) is 127 Å². The van der Waals surface area contributed by atoms with E-state index in [1.54, 1.807) is 34.7 Å². The smallest absolute Gasteiger partial charge is 0.371 e. The van der Waals surface area contributed by atoms with Gasteiger partial charge in [0.1, 0.15) is 18.0 Å². The van der Waals surface area contributed by atoms with Crippen molar-refractivity contribution >= 4 is 41.7 Å². The van der Waals surface area contributed by atoms with Gasteiger partial charge in [-0.2, -0.15) is 0 Å². The Hall–Kier alpha value is -2.07. The van der Waals surface area contributed by atoms with Gasteiger partial charge in [-0.05, 0) is 6.92 Å². The number of carbonyl (C=O) groups is 1. The van der Waals surface area contributed by atoms with E-state index in [1.807, 2.05) is 0 Å². The highest BCUT2D eigenvalue weighted by molar-refractivity contribution is 8.13. The Bertz CT molecular complexity index is 1230. The Morgan fingerprint density at radius 2 is 2.23 bits per heavy atom. The van der Waals surface area contributed by atoms with Crippen LogP contribution in [-0.4, -0.2) is 68.5 Å². The van der Waals surface area contributed by atoms with Gasteiger partial charge in [-0.3, -0.25) is 22.9 Å². The zero-order valence-corrected chi connectivity index (χ0v) is 21.7. The van der Waals surface area contributed by atoms with Gasteiger partial charge in [0.2, 0.25) is 5.67 Å². The summed E-state index contributed by atoms with van der Waals surface area (Å²) < 4.78 is 52.7. The van der Waals surface area contributed by atoms with Crippen LogP contribution in [0.3, 0.4) is 0 Å². The van der Waals surface area contributed by atoms with Gasteiger partial charge in [0.15, 0.2) is 28.3 Å². The number of fused-ring (bicyclic) bond motifs is 2. The molecule has 0 spiro atoms. The molecule has 2 aliphatic rings. The van der Waals surface area contributed by atoms with Gasteiger partial charge in [-0.1, -0.05) is 38.5 Å². The van der Waals surface area contributed by atoms with Gasteiger partial charge in [0, 0.05) is 18.2 Å². The Morgan fingerprint density at radius 3 is 2.89 bits per heavy atom. The highest BCUT2D eigenvalue weighted by atomic mass is 32.2. The van der Waals surface area contributed by atoms with Crippen LogP contribution in [0.25, 0.3) is 11.2 Å². The van der Waals surface area contributed by atoms with Crippen LogP contribution in [0.4, 0.5) is 10.2 Å². The second kappa shape index (κ2) is 9.42. The summed E-state index contributed by atoms with van der Waals surface area (Å²) in [5.41, 5.74) is -2.34. The van der Waals surface area contributed by atoms with Crippen molar-refractivity contribution in [3.05, 3.63) is 12.2 Å². The lowest BCUT2D eigenvalue weighted by Crippen LogP contribution is -2.46. The summed E-state index contributed by atoms with van der Waals surface area (Å²) in [7, 11) is -2.47. The second-order valence-corrected chi connectivity index (χ2v) is 11.8. The Morgan fingerprint density at radius 1 is 1.49 bits per heavy atom. The third-order valence-electron chi connectivity index (χ3n) is 5.48. The number of rotatable bonds is 6. The Labute approximate surface area is 206 Å². The van der Waals surface area contributed by atoms with Crippen molar-refractivity contribution in [2.75, 3.05) is 31.3 Å². The average molecular weight is 528 g/mol.